The lowest BCUT2D eigenvalue weighted by atomic mass is 10.2. The first-order chi connectivity index (χ1) is 7.25. The highest BCUT2D eigenvalue weighted by atomic mass is 35.5. The van der Waals surface area contributed by atoms with E-state index in [1.54, 1.807) is 12.3 Å². The monoisotopic (exact) mass is 220 g/mol. The van der Waals surface area contributed by atoms with Crippen molar-refractivity contribution < 1.29 is 4.74 Å². The zero-order valence-electron chi connectivity index (χ0n) is 8.14. The van der Waals surface area contributed by atoms with Gasteiger partial charge in [-0.05, 0) is 24.6 Å². The molecule has 0 saturated heterocycles. The maximum absolute atomic E-state index is 6.01. The number of rotatable bonds is 2. The van der Waals surface area contributed by atoms with Gasteiger partial charge in [0, 0.05) is 12.3 Å². The Morgan fingerprint density at radius 1 is 1.27 bits per heavy atom. The Kier molecular flexibility index (Phi) is 2.83. The van der Waals surface area contributed by atoms with E-state index in [1.165, 1.54) is 6.33 Å². The summed E-state index contributed by atoms with van der Waals surface area (Å²) in [5.74, 6) is 1.08. The molecule has 0 aliphatic carbocycles. The Hall–Kier alpha value is -1.61. The van der Waals surface area contributed by atoms with Gasteiger partial charge in [0.25, 0.3) is 0 Å². The van der Waals surface area contributed by atoms with Crippen LogP contribution in [-0.2, 0) is 0 Å². The number of halogens is 1. The van der Waals surface area contributed by atoms with Crippen LogP contribution in [0.4, 0.5) is 0 Å². The first-order valence-electron chi connectivity index (χ1n) is 4.46. The lowest BCUT2D eigenvalue weighted by Gasteiger charge is -2.06. The first kappa shape index (κ1) is 9.93. The Labute approximate surface area is 92.7 Å². The van der Waals surface area contributed by atoms with Gasteiger partial charge in [-0.2, -0.15) is 0 Å². The van der Waals surface area contributed by atoms with Gasteiger partial charge in [0.2, 0.25) is 5.88 Å². The zero-order chi connectivity index (χ0) is 10.7. The lowest BCUT2D eigenvalue weighted by Crippen LogP contribution is -1.88. The predicted octanol–water partition coefficient (Wildman–Crippen LogP) is 3.23. The molecule has 0 bridgehead atoms. The summed E-state index contributed by atoms with van der Waals surface area (Å²) in [6.07, 6.45) is 3.04. The van der Waals surface area contributed by atoms with Crippen LogP contribution in [0.15, 0.2) is 36.8 Å². The molecule has 3 nitrogen and oxygen atoms in total. The highest BCUT2D eigenvalue weighted by Gasteiger charge is 2.03. The van der Waals surface area contributed by atoms with Gasteiger partial charge in [0.15, 0.2) is 0 Å². The Morgan fingerprint density at radius 2 is 2.13 bits per heavy atom. The van der Waals surface area contributed by atoms with E-state index < -0.39 is 0 Å². The molecular formula is C11H9ClN2O. The van der Waals surface area contributed by atoms with Gasteiger partial charge in [-0.25, -0.2) is 9.97 Å². The number of nitrogens with zero attached hydrogens (tertiary/aromatic N) is 2. The molecule has 0 spiro atoms. The molecule has 0 radical (unpaired) electrons. The van der Waals surface area contributed by atoms with Crippen molar-refractivity contribution in [2.75, 3.05) is 0 Å². The number of hydrogen-bond acceptors (Lipinski definition) is 3. The third-order valence-electron chi connectivity index (χ3n) is 1.86. The smallest absolute Gasteiger partial charge is 0.222 e. The van der Waals surface area contributed by atoms with Crippen LogP contribution in [0.3, 0.4) is 0 Å². The van der Waals surface area contributed by atoms with Gasteiger partial charge in [0.1, 0.15) is 12.1 Å². The molecule has 2 rings (SSSR count). The SMILES string of the molecule is Cc1ccc(Oc2ccncn2)c(Cl)c1. The number of aromatic nitrogens is 2. The summed E-state index contributed by atoms with van der Waals surface area (Å²) < 4.78 is 5.48. The van der Waals surface area contributed by atoms with E-state index in [9.17, 15) is 0 Å². The van der Waals surface area contributed by atoms with Crippen molar-refractivity contribution in [2.24, 2.45) is 0 Å². The summed E-state index contributed by atoms with van der Waals surface area (Å²) >= 11 is 6.01. The molecule has 0 aliphatic rings. The third kappa shape index (κ3) is 2.44. The van der Waals surface area contributed by atoms with Crippen LogP contribution in [-0.4, -0.2) is 9.97 Å². The Morgan fingerprint density at radius 3 is 2.80 bits per heavy atom. The van der Waals surface area contributed by atoms with Crippen molar-refractivity contribution in [3.63, 3.8) is 0 Å². The second-order valence-electron chi connectivity index (χ2n) is 3.08. The first-order valence-corrected chi connectivity index (χ1v) is 4.83. The summed E-state index contributed by atoms with van der Waals surface area (Å²) in [4.78, 5) is 7.75. The van der Waals surface area contributed by atoms with Crippen molar-refractivity contribution in [3.8, 4) is 11.6 Å². The van der Waals surface area contributed by atoms with Crippen LogP contribution in [0, 0.1) is 6.92 Å². The molecule has 0 aliphatic heterocycles. The van der Waals surface area contributed by atoms with E-state index in [0.717, 1.165) is 5.56 Å². The topological polar surface area (TPSA) is 35.0 Å². The molecule has 0 amide bonds. The minimum absolute atomic E-state index is 0.482. The molecule has 4 heteroatoms. The van der Waals surface area contributed by atoms with Crippen LogP contribution >= 0.6 is 11.6 Å². The van der Waals surface area contributed by atoms with Crippen molar-refractivity contribution in [3.05, 3.63) is 47.4 Å². The predicted molar refractivity (Wildman–Crippen MR) is 58.3 cm³/mol. The second kappa shape index (κ2) is 4.28. The lowest BCUT2D eigenvalue weighted by molar-refractivity contribution is 0.461. The van der Waals surface area contributed by atoms with Crippen molar-refractivity contribution in [1.82, 2.24) is 9.97 Å². The highest BCUT2D eigenvalue weighted by Crippen LogP contribution is 2.28. The van der Waals surface area contributed by atoms with Gasteiger partial charge in [-0.15, -0.1) is 0 Å². The molecule has 2 aromatic rings. The third-order valence-corrected chi connectivity index (χ3v) is 2.15. The summed E-state index contributed by atoms with van der Waals surface area (Å²) in [5.41, 5.74) is 1.09. The fourth-order valence-electron chi connectivity index (χ4n) is 1.14. The number of ether oxygens (including phenoxy) is 1. The molecule has 0 N–H and O–H groups in total. The highest BCUT2D eigenvalue weighted by molar-refractivity contribution is 6.32. The molecule has 1 aromatic carbocycles. The summed E-state index contributed by atoms with van der Waals surface area (Å²) in [7, 11) is 0. The Bertz CT molecular complexity index is 459. The van der Waals surface area contributed by atoms with Gasteiger partial charge in [-0.1, -0.05) is 17.7 Å². The van der Waals surface area contributed by atoms with E-state index in [1.807, 2.05) is 25.1 Å². The molecule has 1 heterocycles. The molecule has 76 valence electrons. The molecule has 0 atom stereocenters. The molecule has 0 saturated carbocycles. The molecule has 15 heavy (non-hydrogen) atoms. The molecule has 0 fully saturated rings. The van der Waals surface area contributed by atoms with E-state index in [0.29, 0.717) is 16.7 Å². The minimum Gasteiger partial charge on any atom is -0.437 e. The van der Waals surface area contributed by atoms with E-state index >= 15 is 0 Å². The van der Waals surface area contributed by atoms with Crippen LogP contribution in [0.2, 0.25) is 5.02 Å². The zero-order valence-corrected chi connectivity index (χ0v) is 8.90. The fourth-order valence-corrected chi connectivity index (χ4v) is 1.41. The van der Waals surface area contributed by atoms with Crippen LogP contribution in [0.25, 0.3) is 0 Å². The molecular weight excluding hydrogens is 212 g/mol. The summed E-state index contributed by atoms with van der Waals surface area (Å²) in [6.45, 7) is 1.97. The van der Waals surface area contributed by atoms with Gasteiger partial charge < -0.3 is 4.74 Å². The van der Waals surface area contributed by atoms with Gasteiger partial charge in [0.05, 0.1) is 5.02 Å². The summed E-state index contributed by atoms with van der Waals surface area (Å²) in [6, 6.07) is 7.27. The van der Waals surface area contributed by atoms with E-state index in [2.05, 4.69) is 9.97 Å². The Balaban J connectivity index is 2.25. The average molecular weight is 221 g/mol. The quantitative estimate of drug-likeness (QED) is 0.780. The van der Waals surface area contributed by atoms with Gasteiger partial charge in [-0.3, -0.25) is 0 Å². The number of hydrogen-bond donors (Lipinski definition) is 0. The molecule has 0 unspecified atom stereocenters. The van der Waals surface area contributed by atoms with Crippen LogP contribution in [0.5, 0.6) is 11.6 Å². The largest absolute Gasteiger partial charge is 0.437 e. The van der Waals surface area contributed by atoms with Crippen LogP contribution < -0.4 is 4.74 Å². The number of benzene rings is 1. The van der Waals surface area contributed by atoms with E-state index in [4.69, 9.17) is 16.3 Å². The minimum atomic E-state index is 0.482. The maximum atomic E-state index is 6.01. The van der Waals surface area contributed by atoms with Crippen molar-refractivity contribution in [2.45, 2.75) is 6.92 Å². The van der Waals surface area contributed by atoms with Gasteiger partial charge >= 0.3 is 0 Å². The van der Waals surface area contributed by atoms with E-state index in [-0.39, 0.29) is 0 Å². The average Bonchev–Trinajstić information content (AvgIpc) is 2.24. The van der Waals surface area contributed by atoms with Crippen LogP contribution in [0.1, 0.15) is 5.56 Å². The normalized spacial score (nSPS) is 10.0. The standard InChI is InChI=1S/C11H9ClN2O/c1-8-2-3-10(9(12)6-8)15-11-4-5-13-7-14-11/h2-7H,1H3. The second-order valence-corrected chi connectivity index (χ2v) is 3.49. The number of aryl methyl sites for hydroxylation is 1. The molecule has 1 aromatic heterocycles. The van der Waals surface area contributed by atoms with Crippen molar-refractivity contribution >= 4 is 11.6 Å². The fraction of sp³-hybridized carbons (Fsp3) is 0.0909. The summed E-state index contributed by atoms with van der Waals surface area (Å²) in [5, 5.41) is 0.577. The van der Waals surface area contributed by atoms with Crippen molar-refractivity contribution in [1.29, 1.82) is 0 Å². The maximum Gasteiger partial charge on any atom is 0.222 e.